The average Bonchev–Trinajstić information content (AvgIpc) is 2.59. The summed E-state index contributed by atoms with van der Waals surface area (Å²) in [5.41, 5.74) is 0. The largest absolute Gasteiger partial charge is 0.414 e. The second-order valence-electron chi connectivity index (χ2n) is 7.12. The van der Waals surface area contributed by atoms with Gasteiger partial charge in [0, 0.05) is 12.2 Å². The number of rotatable bonds is 10. The smallest absolute Gasteiger partial charge is 0.192 e. The van der Waals surface area contributed by atoms with E-state index >= 15 is 0 Å². The molecular weight excluding hydrogens is 304 g/mol. The van der Waals surface area contributed by atoms with Crippen LogP contribution in [0.4, 0.5) is 0 Å². The first-order valence-corrected chi connectivity index (χ1v) is 14.9. The number of hydrogen-bond donors (Lipinski definition) is 0. The first-order chi connectivity index (χ1) is 10.5. The zero-order chi connectivity index (χ0) is 16.6. The summed E-state index contributed by atoms with van der Waals surface area (Å²) in [6, 6.07) is 7.63. The Balaban J connectivity index is 2.49. The molecule has 0 heterocycles. The quantitative estimate of drug-likeness (QED) is 0.430. The molecule has 0 amide bonds. The Hall–Kier alpha value is 0.354. The molecule has 0 atom stereocenters. The Morgan fingerprint density at radius 1 is 0.545 bits per heavy atom. The van der Waals surface area contributed by atoms with Crippen molar-refractivity contribution in [3.8, 4) is 0 Å². The van der Waals surface area contributed by atoms with Crippen molar-refractivity contribution in [2.24, 2.45) is 0 Å². The molecule has 0 aromatic rings. The topological polar surface area (TPSA) is 18.5 Å². The predicted octanol–water partition coefficient (Wildman–Crippen LogP) is 6.34. The molecule has 0 unspecified atom stereocenters. The van der Waals surface area contributed by atoms with E-state index in [0.717, 1.165) is 0 Å². The monoisotopic (exact) mass is 344 g/mol. The van der Waals surface area contributed by atoms with E-state index in [-0.39, 0.29) is 0 Å². The maximum absolute atomic E-state index is 6.68. The molecule has 2 nitrogen and oxygen atoms in total. The molecule has 132 valence electrons. The van der Waals surface area contributed by atoms with Crippen LogP contribution in [-0.4, -0.2) is 28.8 Å². The Kier molecular flexibility index (Phi) is 8.90. The van der Waals surface area contributed by atoms with E-state index in [1.54, 1.807) is 0 Å². The van der Waals surface area contributed by atoms with Gasteiger partial charge in [-0.15, -0.1) is 0 Å². The highest BCUT2D eigenvalue weighted by atomic mass is 28.4. The van der Waals surface area contributed by atoms with Crippen LogP contribution in [0.15, 0.2) is 0 Å². The van der Waals surface area contributed by atoms with Crippen LogP contribution in [0.5, 0.6) is 0 Å². The van der Waals surface area contributed by atoms with E-state index in [1.807, 2.05) is 0 Å². The lowest BCUT2D eigenvalue weighted by atomic mass is 9.95. The summed E-state index contributed by atoms with van der Waals surface area (Å²) in [4.78, 5) is 0. The summed E-state index contributed by atoms with van der Waals surface area (Å²) in [7, 11) is -2.85. The maximum Gasteiger partial charge on any atom is 0.192 e. The van der Waals surface area contributed by atoms with Crippen molar-refractivity contribution in [1.82, 2.24) is 0 Å². The van der Waals surface area contributed by atoms with E-state index in [1.165, 1.54) is 61.9 Å². The van der Waals surface area contributed by atoms with Crippen molar-refractivity contribution in [2.75, 3.05) is 0 Å². The van der Waals surface area contributed by atoms with Crippen LogP contribution < -0.4 is 0 Å². The SMILES string of the molecule is CC[Si](CC)(CC)OC1CCC(O[Si](CC)(CC)CC)CC1. The molecule has 0 saturated heterocycles. The fraction of sp³-hybridized carbons (Fsp3) is 1.00. The summed E-state index contributed by atoms with van der Waals surface area (Å²) in [6.45, 7) is 14.0. The van der Waals surface area contributed by atoms with Crippen LogP contribution in [0.1, 0.15) is 67.2 Å². The first kappa shape index (κ1) is 20.4. The maximum atomic E-state index is 6.68. The molecule has 0 spiro atoms. The van der Waals surface area contributed by atoms with Crippen molar-refractivity contribution in [3.05, 3.63) is 0 Å². The summed E-state index contributed by atoms with van der Waals surface area (Å²) in [6.07, 6.45) is 5.93. The lowest BCUT2D eigenvalue weighted by molar-refractivity contribution is 0.0682. The fourth-order valence-corrected chi connectivity index (χ4v) is 9.86. The van der Waals surface area contributed by atoms with E-state index in [9.17, 15) is 0 Å². The highest BCUT2D eigenvalue weighted by Crippen LogP contribution is 2.33. The molecule has 0 bridgehead atoms. The summed E-state index contributed by atoms with van der Waals surface area (Å²) in [5.74, 6) is 0. The van der Waals surface area contributed by atoms with Gasteiger partial charge in [-0.3, -0.25) is 0 Å². The van der Waals surface area contributed by atoms with Gasteiger partial charge in [0.1, 0.15) is 0 Å². The normalized spacial score (nSPS) is 23.7. The minimum Gasteiger partial charge on any atom is -0.414 e. The number of hydrogen-bond acceptors (Lipinski definition) is 2. The van der Waals surface area contributed by atoms with Crippen molar-refractivity contribution in [2.45, 2.75) is 116 Å². The molecule has 4 heteroatoms. The zero-order valence-corrected chi connectivity index (χ0v) is 18.0. The molecule has 0 aromatic heterocycles. The second-order valence-corrected chi connectivity index (χ2v) is 16.6. The van der Waals surface area contributed by atoms with Gasteiger partial charge in [0.2, 0.25) is 0 Å². The van der Waals surface area contributed by atoms with Gasteiger partial charge in [-0.1, -0.05) is 41.5 Å². The van der Waals surface area contributed by atoms with Crippen LogP contribution in [0.25, 0.3) is 0 Å². The minimum absolute atomic E-state index is 0.521. The van der Waals surface area contributed by atoms with Crippen molar-refractivity contribution in [1.29, 1.82) is 0 Å². The standard InChI is InChI=1S/C18H40O2Si2/c1-7-21(8-2,9-3)19-17-13-15-18(16-14-17)20-22(10-4,11-5)12-6/h17-18H,7-16H2,1-6H3. The van der Waals surface area contributed by atoms with Gasteiger partial charge in [-0.2, -0.15) is 0 Å². The molecule has 0 N–H and O–H groups in total. The molecule has 1 aliphatic carbocycles. The van der Waals surface area contributed by atoms with E-state index < -0.39 is 16.6 Å². The second kappa shape index (κ2) is 9.60. The Morgan fingerprint density at radius 2 is 0.773 bits per heavy atom. The predicted molar refractivity (Wildman–Crippen MR) is 103 cm³/mol. The molecule has 1 fully saturated rings. The van der Waals surface area contributed by atoms with Gasteiger partial charge >= 0.3 is 0 Å². The highest BCUT2D eigenvalue weighted by molar-refractivity contribution is 6.74. The lowest BCUT2D eigenvalue weighted by Crippen LogP contribution is -2.44. The lowest BCUT2D eigenvalue weighted by Gasteiger charge is -2.40. The van der Waals surface area contributed by atoms with E-state index in [2.05, 4.69) is 41.5 Å². The molecule has 22 heavy (non-hydrogen) atoms. The molecule has 0 radical (unpaired) electrons. The summed E-state index contributed by atoms with van der Waals surface area (Å²) < 4.78 is 13.4. The van der Waals surface area contributed by atoms with Crippen LogP contribution >= 0.6 is 0 Å². The fourth-order valence-electron chi connectivity index (χ4n) is 3.98. The molecule has 0 aliphatic heterocycles. The van der Waals surface area contributed by atoms with Gasteiger partial charge in [0.15, 0.2) is 16.6 Å². The Bertz CT molecular complexity index is 247. The van der Waals surface area contributed by atoms with Crippen LogP contribution in [0.3, 0.4) is 0 Å². The first-order valence-electron chi connectivity index (χ1n) is 9.88. The third-order valence-electron chi connectivity index (χ3n) is 6.32. The van der Waals surface area contributed by atoms with Crippen molar-refractivity contribution in [3.63, 3.8) is 0 Å². The molecular formula is C18H40O2Si2. The van der Waals surface area contributed by atoms with Crippen LogP contribution in [0.2, 0.25) is 36.3 Å². The highest BCUT2D eigenvalue weighted by Gasteiger charge is 2.36. The molecule has 1 saturated carbocycles. The Labute approximate surface area is 141 Å². The van der Waals surface area contributed by atoms with Crippen LogP contribution in [-0.2, 0) is 8.85 Å². The van der Waals surface area contributed by atoms with E-state index in [4.69, 9.17) is 8.85 Å². The van der Waals surface area contributed by atoms with Gasteiger partial charge in [0.05, 0.1) is 0 Å². The van der Waals surface area contributed by atoms with Crippen LogP contribution in [0, 0.1) is 0 Å². The molecule has 1 aliphatic rings. The third kappa shape index (κ3) is 5.18. The summed E-state index contributed by atoms with van der Waals surface area (Å²) in [5, 5.41) is 0. The third-order valence-corrected chi connectivity index (χ3v) is 15.7. The van der Waals surface area contributed by atoms with E-state index in [0.29, 0.717) is 12.2 Å². The summed E-state index contributed by atoms with van der Waals surface area (Å²) >= 11 is 0. The van der Waals surface area contributed by atoms with Gasteiger partial charge < -0.3 is 8.85 Å². The zero-order valence-electron chi connectivity index (χ0n) is 16.0. The van der Waals surface area contributed by atoms with Crippen molar-refractivity contribution >= 4 is 16.6 Å². The van der Waals surface area contributed by atoms with Gasteiger partial charge in [-0.05, 0) is 61.9 Å². The molecule has 0 aromatic carbocycles. The Morgan fingerprint density at radius 3 is 0.955 bits per heavy atom. The van der Waals surface area contributed by atoms with Crippen molar-refractivity contribution < 1.29 is 8.85 Å². The minimum atomic E-state index is -1.43. The van der Waals surface area contributed by atoms with Gasteiger partial charge in [-0.25, -0.2) is 0 Å². The van der Waals surface area contributed by atoms with Gasteiger partial charge in [0.25, 0.3) is 0 Å². The average molecular weight is 345 g/mol. The molecule has 1 rings (SSSR count).